The first-order valence-corrected chi connectivity index (χ1v) is 11.5. The quantitative estimate of drug-likeness (QED) is 0.520. The van der Waals surface area contributed by atoms with E-state index < -0.39 is 21.2 Å². The molecule has 2 aromatic rings. The molecule has 1 N–H and O–H groups in total. The molecule has 0 spiro atoms. The molecule has 2 rings (SSSR count). The van der Waals surface area contributed by atoms with Gasteiger partial charge in [-0.15, -0.1) is 0 Å². The van der Waals surface area contributed by atoms with Crippen LogP contribution in [0.5, 0.6) is 23.5 Å². The average Bonchev–Trinajstić information content (AvgIpc) is 2.76. The van der Waals surface area contributed by atoms with Crippen molar-refractivity contribution < 1.29 is 35.8 Å². The molecule has 0 saturated heterocycles. The van der Waals surface area contributed by atoms with E-state index in [4.69, 9.17) is 25.8 Å². The predicted octanol–water partition coefficient (Wildman–Crippen LogP) is 4.55. The second-order valence-electron chi connectivity index (χ2n) is 6.12. The Balaban J connectivity index is 0.000000675. The van der Waals surface area contributed by atoms with Crippen molar-refractivity contribution in [1.29, 1.82) is 0 Å². The fourth-order valence-electron chi connectivity index (χ4n) is 2.29. The molecule has 0 bridgehead atoms. The Labute approximate surface area is 195 Å². The summed E-state index contributed by atoms with van der Waals surface area (Å²) in [5, 5.41) is -0.329. The summed E-state index contributed by atoms with van der Waals surface area (Å²) >= 11 is 5.80. The van der Waals surface area contributed by atoms with E-state index in [0.29, 0.717) is 0 Å². The standard InChI is InChI=1S/C13H11ClF3N3O5S.C6H15N/c1-23-9-6-10(24-2)19-12(18-9)25-8-5-3-4-7(14)11(8)20-26(21,22)13(15,16)17;1-4-7(5-2)6-3/h3-6,20H,1-2H3;4-6H2,1-3H3. The molecule has 0 aliphatic heterocycles. The van der Waals surface area contributed by atoms with Crippen LogP contribution in [0, 0.1) is 0 Å². The maximum Gasteiger partial charge on any atom is 0.516 e. The Bertz CT molecular complexity index is 978. The summed E-state index contributed by atoms with van der Waals surface area (Å²) in [7, 11) is -3.09. The number of aromatic nitrogens is 2. The summed E-state index contributed by atoms with van der Waals surface area (Å²) in [6.45, 7) is 10.1. The lowest BCUT2D eigenvalue weighted by Crippen LogP contribution is -2.30. The third kappa shape index (κ3) is 8.41. The molecule has 0 amide bonds. The maximum absolute atomic E-state index is 12.6. The lowest BCUT2D eigenvalue weighted by molar-refractivity contribution is -0.0429. The lowest BCUT2D eigenvalue weighted by Gasteiger charge is -2.15. The lowest BCUT2D eigenvalue weighted by atomic mass is 10.3. The van der Waals surface area contributed by atoms with Crippen LogP contribution in [-0.2, 0) is 10.0 Å². The summed E-state index contributed by atoms with van der Waals surface area (Å²) < 4.78 is 77.0. The van der Waals surface area contributed by atoms with Crippen molar-refractivity contribution in [3.05, 3.63) is 29.3 Å². The smallest absolute Gasteiger partial charge is 0.481 e. The topological polar surface area (TPSA) is 103 Å². The zero-order chi connectivity index (χ0) is 25.2. The average molecular weight is 515 g/mol. The summed E-state index contributed by atoms with van der Waals surface area (Å²) in [5.41, 5.74) is -6.17. The van der Waals surface area contributed by atoms with Gasteiger partial charge in [-0.2, -0.15) is 31.6 Å². The van der Waals surface area contributed by atoms with Crippen LogP contribution in [0.25, 0.3) is 0 Å². The molecule has 0 unspecified atom stereocenters. The number of nitrogens with one attached hydrogen (secondary N) is 1. The molecule has 0 aliphatic carbocycles. The van der Waals surface area contributed by atoms with E-state index in [2.05, 4.69) is 35.6 Å². The Kier molecular flexibility index (Phi) is 10.9. The first kappa shape index (κ1) is 28.5. The van der Waals surface area contributed by atoms with Crippen molar-refractivity contribution in [2.24, 2.45) is 0 Å². The van der Waals surface area contributed by atoms with Crippen LogP contribution >= 0.6 is 11.6 Å². The minimum absolute atomic E-state index is 0.0475. The number of sulfonamides is 1. The molecule has 14 heteroatoms. The molecule has 0 fully saturated rings. The van der Waals surface area contributed by atoms with Crippen molar-refractivity contribution in [3.8, 4) is 23.5 Å². The molecule has 0 atom stereocenters. The van der Waals surface area contributed by atoms with Crippen LogP contribution < -0.4 is 18.9 Å². The van der Waals surface area contributed by atoms with E-state index in [0.717, 1.165) is 0 Å². The number of alkyl halides is 3. The van der Waals surface area contributed by atoms with E-state index >= 15 is 0 Å². The Hall–Kier alpha value is -2.51. The Morgan fingerprint density at radius 2 is 1.55 bits per heavy atom. The number of hydrogen-bond acceptors (Lipinski definition) is 8. The molecule has 1 aromatic carbocycles. The fourth-order valence-corrected chi connectivity index (χ4v) is 3.15. The summed E-state index contributed by atoms with van der Waals surface area (Å²) in [6.07, 6.45) is 0. The number of halogens is 4. The van der Waals surface area contributed by atoms with Crippen LogP contribution in [-0.4, -0.2) is 62.6 Å². The molecule has 0 saturated carbocycles. The van der Waals surface area contributed by atoms with Gasteiger partial charge in [0.05, 0.1) is 25.3 Å². The van der Waals surface area contributed by atoms with Gasteiger partial charge < -0.3 is 19.1 Å². The summed E-state index contributed by atoms with van der Waals surface area (Å²) in [4.78, 5) is 10.0. The predicted molar refractivity (Wildman–Crippen MR) is 119 cm³/mol. The minimum atomic E-state index is -5.72. The largest absolute Gasteiger partial charge is 0.516 e. The first-order valence-electron chi connectivity index (χ1n) is 9.67. The normalized spacial score (nSPS) is 11.5. The van der Waals surface area contributed by atoms with Gasteiger partial charge >= 0.3 is 21.5 Å². The number of nitrogens with zero attached hydrogens (tertiary/aromatic N) is 3. The van der Waals surface area contributed by atoms with Crippen molar-refractivity contribution in [2.75, 3.05) is 38.6 Å². The summed E-state index contributed by atoms with van der Waals surface area (Å²) in [5.74, 6) is -0.266. The fraction of sp³-hybridized carbons (Fsp3) is 0.474. The number of ether oxygens (including phenoxy) is 3. The second kappa shape index (κ2) is 12.7. The molecule has 186 valence electrons. The highest BCUT2D eigenvalue weighted by atomic mass is 35.5. The minimum Gasteiger partial charge on any atom is -0.481 e. The SMILES string of the molecule is CCN(CC)CC.COc1cc(OC)nc(Oc2cccc(Cl)c2NS(=O)(=O)C(F)(F)F)n1. The summed E-state index contributed by atoms with van der Waals surface area (Å²) in [6, 6.07) is 4.65. The number of anilines is 1. The number of para-hydroxylation sites is 1. The van der Waals surface area contributed by atoms with Gasteiger partial charge in [-0.3, -0.25) is 4.72 Å². The van der Waals surface area contributed by atoms with Crippen molar-refractivity contribution >= 4 is 27.3 Å². The van der Waals surface area contributed by atoms with Gasteiger partial charge in [0.1, 0.15) is 5.69 Å². The van der Waals surface area contributed by atoms with E-state index in [9.17, 15) is 21.6 Å². The van der Waals surface area contributed by atoms with Crippen LogP contribution in [0.1, 0.15) is 20.8 Å². The molecule has 0 radical (unpaired) electrons. The number of methoxy groups -OCH3 is 2. The van der Waals surface area contributed by atoms with Crippen molar-refractivity contribution in [3.63, 3.8) is 0 Å². The van der Waals surface area contributed by atoms with E-state index in [1.54, 1.807) is 0 Å². The van der Waals surface area contributed by atoms with Crippen LogP contribution in [0.3, 0.4) is 0 Å². The third-order valence-electron chi connectivity index (χ3n) is 4.14. The molecule has 33 heavy (non-hydrogen) atoms. The zero-order valence-electron chi connectivity index (χ0n) is 18.7. The monoisotopic (exact) mass is 514 g/mol. The van der Waals surface area contributed by atoms with Crippen LogP contribution in [0.2, 0.25) is 5.02 Å². The highest BCUT2D eigenvalue weighted by molar-refractivity contribution is 7.93. The van der Waals surface area contributed by atoms with Gasteiger partial charge in [-0.05, 0) is 31.8 Å². The maximum atomic E-state index is 12.6. The van der Waals surface area contributed by atoms with Crippen LogP contribution in [0.15, 0.2) is 24.3 Å². The van der Waals surface area contributed by atoms with E-state index in [-0.39, 0.29) is 28.5 Å². The first-order chi connectivity index (χ1) is 15.4. The molecular weight excluding hydrogens is 489 g/mol. The highest BCUT2D eigenvalue weighted by Gasteiger charge is 2.46. The van der Waals surface area contributed by atoms with Crippen molar-refractivity contribution in [2.45, 2.75) is 26.3 Å². The second-order valence-corrected chi connectivity index (χ2v) is 8.20. The molecular formula is C19H26ClF3N4O5S. The van der Waals surface area contributed by atoms with Gasteiger partial charge in [0.2, 0.25) is 11.8 Å². The Morgan fingerprint density at radius 1 is 1.03 bits per heavy atom. The van der Waals surface area contributed by atoms with Crippen LogP contribution in [0.4, 0.5) is 18.9 Å². The molecule has 9 nitrogen and oxygen atoms in total. The van der Waals surface area contributed by atoms with Gasteiger partial charge in [0.25, 0.3) is 0 Å². The van der Waals surface area contributed by atoms with Gasteiger partial charge in [0.15, 0.2) is 5.75 Å². The van der Waals surface area contributed by atoms with E-state index in [1.165, 1.54) is 62.8 Å². The number of benzene rings is 1. The van der Waals surface area contributed by atoms with Gasteiger partial charge in [0, 0.05) is 0 Å². The Morgan fingerprint density at radius 3 is 1.94 bits per heavy atom. The number of rotatable bonds is 9. The van der Waals surface area contributed by atoms with Gasteiger partial charge in [-0.25, -0.2) is 0 Å². The third-order valence-corrected chi connectivity index (χ3v) is 5.53. The van der Waals surface area contributed by atoms with Crippen molar-refractivity contribution in [1.82, 2.24) is 14.9 Å². The highest BCUT2D eigenvalue weighted by Crippen LogP contribution is 2.38. The van der Waals surface area contributed by atoms with Gasteiger partial charge in [-0.1, -0.05) is 38.4 Å². The zero-order valence-corrected chi connectivity index (χ0v) is 20.3. The molecule has 1 aromatic heterocycles. The number of hydrogen-bond donors (Lipinski definition) is 1. The molecule has 1 heterocycles. The molecule has 0 aliphatic rings. The van der Waals surface area contributed by atoms with E-state index in [1.807, 2.05) is 0 Å².